The molecule has 0 N–H and O–H groups in total. The van der Waals surface area contributed by atoms with Gasteiger partial charge < -0.3 is 9.64 Å². The molecule has 0 radical (unpaired) electrons. The zero-order valence-corrected chi connectivity index (χ0v) is 15.5. The quantitative estimate of drug-likeness (QED) is 0.819. The first-order valence-corrected chi connectivity index (χ1v) is 10.8. The van der Waals surface area contributed by atoms with E-state index in [1.165, 1.54) is 0 Å². The average molecular weight is 360 g/mol. The minimum Gasteiger partial charge on any atom is -0.439 e. The van der Waals surface area contributed by atoms with Gasteiger partial charge in [0.25, 0.3) is 0 Å². The van der Waals surface area contributed by atoms with Crippen LogP contribution in [0.25, 0.3) is 0 Å². The lowest BCUT2D eigenvalue weighted by molar-refractivity contribution is 0.413. The normalized spacial score (nSPS) is 15.8. The van der Waals surface area contributed by atoms with E-state index in [0.29, 0.717) is 18.3 Å². The summed E-state index contributed by atoms with van der Waals surface area (Å²) in [6, 6.07) is 11.5. The Balaban J connectivity index is 1.60. The Bertz CT molecular complexity index is 803. The van der Waals surface area contributed by atoms with Gasteiger partial charge in [-0.05, 0) is 30.9 Å². The molecule has 7 heteroatoms. The molecule has 0 saturated carbocycles. The van der Waals surface area contributed by atoms with Crippen molar-refractivity contribution in [2.45, 2.75) is 12.8 Å². The predicted octanol–water partition coefficient (Wildman–Crippen LogP) is 3.21. The first-order valence-electron chi connectivity index (χ1n) is 8.42. The van der Waals surface area contributed by atoms with E-state index in [0.717, 1.165) is 37.5 Å². The molecule has 134 valence electrons. The van der Waals surface area contributed by atoms with Gasteiger partial charge in [-0.2, -0.15) is 0 Å². The number of nitrogens with zero attached hydrogens (tertiary/aromatic N) is 4. The molecular formula is C18H24N4O2S. The molecule has 1 aromatic carbocycles. The maximum Gasteiger partial charge on any atom is 0.224 e. The van der Waals surface area contributed by atoms with Crippen molar-refractivity contribution < 1.29 is 8.95 Å². The fourth-order valence-corrected chi connectivity index (χ4v) is 3.37. The molecule has 1 aliphatic heterocycles. The number of piperidine rings is 1. The third-order valence-electron chi connectivity index (χ3n) is 4.18. The van der Waals surface area contributed by atoms with Gasteiger partial charge in [0, 0.05) is 41.4 Å². The van der Waals surface area contributed by atoms with Crippen molar-refractivity contribution in [2.24, 2.45) is 10.3 Å². The third kappa shape index (κ3) is 5.42. The number of anilines is 1. The van der Waals surface area contributed by atoms with Crippen molar-refractivity contribution >= 4 is 15.5 Å². The predicted molar refractivity (Wildman–Crippen MR) is 101 cm³/mol. The van der Waals surface area contributed by atoms with Crippen LogP contribution >= 0.6 is 0 Å². The van der Waals surface area contributed by atoms with Crippen LogP contribution in [0.1, 0.15) is 12.8 Å². The van der Waals surface area contributed by atoms with E-state index >= 15 is 0 Å². The molecule has 2 heterocycles. The molecule has 1 aromatic heterocycles. The van der Waals surface area contributed by atoms with E-state index in [-0.39, 0.29) is 0 Å². The summed E-state index contributed by atoms with van der Waals surface area (Å²) in [6.07, 6.45) is 6.97. The Labute approximate surface area is 149 Å². The second kappa shape index (κ2) is 7.82. The highest BCUT2D eigenvalue weighted by molar-refractivity contribution is 7.92. The topological polar surface area (TPSA) is 67.7 Å². The monoisotopic (exact) mass is 360 g/mol. The van der Waals surface area contributed by atoms with Gasteiger partial charge in [0.15, 0.2) is 0 Å². The number of ether oxygens (including phenoxy) is 1. The summed E-state index contributed by atoms with van der Waals surface area (Å²) >= 11 is 0. The molecular weight excluding hydrogens is 336 g/mol. The Kier molecular flexibility index (Phi) is 5.53. The largest absolute Gasteiger partial charge is 0.439 e. The molecule has 0 spiro atoms. The van der Waals surface area contributed by atoms with Gasteiger partial charge in [-0.15, -0.1) is 0 Å². The van der Waals surface area contributed by atoms with Gasteiger partial charge in [0.1, 0.15) is 17.9 Å². The van der Waals surface area contributed by atoms with Crippen LogP contribution in [-0.4, -0.2) is 46.3 Å². The number of hydrogen-bond acceptors (Lipinski definition) is 6. The van der Waals surface area contributed by atoms with Crippen molar-refractivity contribution in [2.75, 3.05) is 37.0 Å². The molecule has 2 aromatic rings. The highest BCUT2D eigenvalue weighted by Crippen LogP contribution is 2.25. The Morgan fingerprint density at radius 1 is 1.20 bits per heavy atom. The summed E-state index contributed by atoms with van der Waals surface area (Å²) in [5, 5.41) is 0. The molecule has 0 atom stereocenters. The molecule has 0 aliphatic carbocycles. The second-order valence-corrected chi connectivity index (χ2v) is 9.17. The van der Waals surface area contributed by atoms with Crippen molar-refractivity contribution in [3.63, 3.8) is 0 Å². The summed E-state index contributed by atoms with van der Waals surface area (Å²) in [5.74, 6) is 2.69. The van der Waals surface area contributed by atoms with Crippen molar-refractivity contribution in [1.82, 2.24) is 9.97 Å². The highest BCUT2D eigenvalue weighted by atomic mass is 32.2. The van der Waals surface area contributed by atoms with Gasteiger partial charge >= 0.3 is 0 Å². The zero-order chi connectivity index (χ0) is 17.7. The van der Waals surface area contributed by atoms with Crippen LogP contribution in [0.2, 0.25) is 0 Å². The van der Waals surface area contributed by atoms with E-state index < -0.39 is 9.73 Å². The summed E-state index contributed by atoms with van der Waals surface area (Å²) in [4.78, 5) is 10.8. The number of hydrogen-bond donors (Lipinski definition) is 0. The minimum absolute atomic E-state index is 0.499. The summed E-state index contributed by atoms with van der Waals surface area (Å²) in [6.45, 7) is 2.51. The van der Waals surface area contributed by atoms with E-state index in [4.69, 9.17) is 4.74 Å². The van der Waals surface area contributed by atoms with Crippen molar-refractivity contribution in [3.05, 3.63) is 42.7 Å². The van der Waals surface area contributed by atoms with Crippen LogP contribution < -0.4 is 9.64 Å². The van der Waals surface area contributed by atoms with Crippen LogP contribution in [0.4, 0.5) is 5.82 Å². The zero-order valence-electron chi connectivity index (χ0n) is 14.7. The fourth-order valence-electron chi connectivity index (χ4n) is 2.80. The third-order valence-corrected chi connectivity index (χ3v) is 4.95. The number of rotatable bonds is 5. The smallest absolute Gasteiger partial charge is 0.224 e. The van der Waals surface area contributed by atoms with Crippen LogP contribution in [0, 0.1) is 5.92 Å². The van der Waals surface area contributed by atoms with Crippen LogP contribution in [0.5, 0.6) is 11.6 Å². The standard InChI is InChI=1S/C18H24N4O2S/c1-25(2,23)21-13-15-8-10-22(11-9-15)17-12-18(20-14-19-17)24-16-6-4-3-5-7-16/h3-7,12,14-15H,8-11,13H2,1-2H3. The van der Waals surface area contributed by atoms with Crippen LogP contribution in [0.3, 0.4) is 0 Å². The minimum atomic E-state index is -2.00. The van der Waals surface area contributed by atoms with Crippen molar-refractivity contribution in [3.8, 4) is 11.6 Å². The van der Waals surface area contributed by atoms with Crippen LogP contribution in [-0.2, 0) is 9.73 Å². The highest BCUT2D eigenvalue weighted by Gasteiger charge is 2.20. The maximum absolute atomic E-state index is 11.7. The molecule has 6 nitrogen and oxygen atoms in total. The van der Waals surface area contributed by atoms with Gasteiger partial charge in [0.2, 0.25) is 5.88 Å². The van der Waals surface area contributed by atoms with Gasteiger partial charge in [-0.1, -0.05) is 18.2 Å². The van der Waals surface area contributed by atoms with E-state index in [1.54, 1.807) is 18.8 Å². The summed E-state index contributed by atoms with van der Waals surface area (Å²) in [7, 11) is -2.00. The SMILES string of the molecule is CS(C)(=O)=NCC1CCN(c2cc(Oc3ccccc3)ncn2)CC1. The molecule has 25 heavy (non-hydrogen) atoms. The number of benzene rings is 1. The molecule has 3 rings (SSSR count). The average Bonchev–Trinajstić information content (AvgIpc) is 2.61. The fraction of sp³-hybridized carbons (Fsp3) is 0.444. The molecule has 1 saturated heterocycles. The number of aromatic nitrogens is 2. The van der Waals surface area contributed by atoms with E-state index in [9.17, 15) is 4.21 Å². The molecule has 1 aliphatic rings. The van der Waals surface area contributed by atoms with E-state index in [2.05, 4.69) is 19.2 Å². The van der Waals surface area contributed by atoms with Crippen LogP contribution in [0.15, 0.2) is 47.1 Å². The Morgan fingerprint density at radius 2 is 1.92 bits per heavy atom. The first-order chi connectivity index (χ1) is 12.0. The first kappa shape index (κ1) is 17.7. The van der Waals surface area contributed by atoms with Crippen molar-refractivity contribution in [1.29, 1.82) is 0 Å². The van der Waals surface area contributed by atoms with Gasteiger partial charge in [0.05, 0.1) is 6.54 Å². The molecule has 0 bridgehead atoms. The molecule has 0 unspecified atom stereocenters. The number of para-hydroxylation sites is 1. The lowest BCUT2D eigenvalue weighted by Gasteiger charge is -2.32. The molecule has 0 amide bonds. The lowest BCUT2D eigenvalue weighted by Crippen LogP contribution is -2.35. The molecule has 1 fully saturated rings. The van der Waals surface area contributed by atoms with Gasteiger partial charge in [-0.25, -0.2) is 14.3 Å². The Hall–Kier alpha value is -2.15. The second-order valence-electron chi connectivity index (χ2n) is 6.55. The summed E-state index contributed by atoms with van der Waals surface area (Å²) < 4.78 is 21.8. The summed E-state index contributed by atoms with van der Waals surface area (Å²) in [5.41, 5.74) is 0. The van der Waals surface area contributed by atoms with E-state index in [1.807, 2.05) is 36.4 Å². The van der Waals surface area contributed by atoms with Gasteiger partial charge in [-0.3, -0.25) is 4.21 Å². The maximum atomic E-state index is 11.7. The Morgan fingerprint density at radius 3 is 2.60 bits per heavy atom. The lowest BCUT2D eigenvalue weighted by atomic mass is 9.97.